The van der Waals surface area contributed by atoms with E-state index in [1.807, 2.05) is 27.2 Å². The van der Waals surface area contributed by atoms with Crippen molar-refractivity contribution in [1.82, 2.24) is 5.32 Å². The molecule has 1 amide bonds. The monoisotopic (exact) mass is 711 g/mol. The van der Waals surface area contributed by atoms with Gasteiger partial charge in [-0.25, -0.2) is 0 Å². The normalized spacial score (nSPS) is 15.2. The van der Waals surface area contributed by atoms with Gasteiger partial charge in [-0.1, -0.05) is 133 Å². The van der Waals surface area contributed by atoms with Crippen molar-refractivity contribution in [3.05, 3.63) is 48.6 Å². The van der Waals surface area contributed by atoms with E-state index >= 15 is 0 Å². The first-order valence-corrected chi connectivity index (χ1v) is 21.0. The largest absolute Gasteiger partial charge is 0.756 e. The summed E-state index contributed by atoms with van der Waals surface area (Å²) in [5.74, 6) is -0.219. The molecule has 0 aromatic carbocycles. The standard InChI is InChI=1S/C40H75N2O6P/c1-6-8-10-12-14-15-16-17-18-19-20-21-22-23-24-25-26-27-28-30-32-34-40(44)41-38(39(43)33-31-29-13-11-9-7-2)37-48-49(45,46)47-36-35-42(3,4)5/h16-17,19-20,22-23,31,33,38-39,43H,6-15,18,21,24-30,32,34-37H2,1-5H3,(H-,41,44,45,46)/b17-16-,20-19-,23-22-,33-31+. The number of hydrogen-bond acceptors (Lipinski definition) is 6. The van der Waals surface area contributed by atoms with Crippen LogP contribution in [0.4, 0.5) is 0 Å². The van der Waals surface area contributed by atoms with Crippen LogP contribution in [0.5, 0.6) is 0 Å². The second kappa shape index (κ2) is 32.4. The second-order valence-corrected chi connectivity index (χ2v) is 15.7. The Morgan fingerprint density at radius 1 is 0.714 bits per heavy atom. The van der Waals surface area contributed by atoms with Gasteiger partial charge in [0.1, 0.15) is 13.2 Å². The molecule has 2 N–H and O–H groups in total. The van der Waals surface area contributed by atoms with Crippen LogP contribution in [0.2, 0.25) is 0 Å². The van der Waals surface area contributed by atoms with Crippen LogP contribution in [0.1, 0.15) is 149 Å². The van der Waals surface area contributed by atoms with E-state index in [4.69, 9.17) is 9.05 Å². The lowest BCUT2D eigenvalue weighted by atomic mass is 10.1. The van der Waals surface area contributed by atoms with Gasteiger partial charge in [-0.15, -0.1) is 0 Å². The van der Waals surface area contributed by atoms with Crippen molar-refractivity contribution in [2.45, 2.75) is 161 Å². The maximum Gasteiger partial charge on any atom is 0.268 e. The number of likely N-dealkylation sites (N-methyl/N-ethyl adjacent to an activating group) is 1. The van der Waals surface area contributed by atoms with E-state index in [1.165, 1.54) is 57.8 Å². The van der Waals surface area contributed by atoms with E-state index < -0.39 is 20.0 Å². The second-order valence-electron chi connectivity index (χ2n) is 14.3. The zero-order chi connectivity index (χ0) is 36.5. The number of phosphoric ester groups is 1. The van der Waals surface area contributed by atoms with Gasteiger partial charge >= 0.3 is 0 Å². The fourth-order valence-electron chi connectivity index (χ4n) is 5.10. The van der Waals surface area contributed by atoms with Gasteiger partial charge in [0.25, 0.3) is 7.82 Å². The zero-order valence-electron chi connectivity index (χ0n) is 32.1. The number of carbonyl (C=O) groups is 1. The summed E-state index contributed by atoms with van der Waals surface area (Å²) in [6, 6.07) is -0.890. The van der Waals surface area contributed by atoms with Crippen LogP contribution >= 0.6 is 7.82 Å². The predicted molar refractivity (Wildman–Crippen MR) is 205 cm³/mol. The van der Waals surface area contributed by atoms with Gasteiger partial charge in [-0.3, -0.25) is 9.36 Å². The number of unbranched alkanes of at least 4 members (excludes halogenated alkanes) is 15. The molecule has 8 nitrogen and oxygen atoms in total. The Hall–Kier alpha value is -1.54. The summed E-state index contributed by atoms with van der Waals surface area (Å²) in [6.07, 6.45) is 39.0. The minimum atomic E-state index is -4.57. The molecule has 3 atom stereocenters. The van der Waals surface area contributed by atoms with Gasteiger partial charge in [0.05, 0.1) is 39.9 Å². The van der Waals surface area contributed by atoms with Crippen LogP contribution in [-0.2, 0) is 18.4 Å². The van der Waals surface area contributed by atoms with Crippen molar-refractivity contribution >= 4 is 13.7 Å². The van der Waals surface area contributed by atoms with Gasteiger partial charge in [0, 0.05) is 6.42 Å². The van der Waals surface area contributed by atoms with E-state index in [1.54, 1.807) is 6.08 Å². The van der Waals surface area contributed by atoms with E-state index in [2.05, 4.69) is 55.6 Å². The topological polar surface area (TPSA) is 108 Å². The number of aliphatic hydroxyl groups excluding tert-OH is 1. The van der Waals surface area contributed by atoms with Gasteiger partial charge in [-0.05, 0) is 57.8 Å². The molecule has 3 unspecified atom stereocenters. The SMILES string of the molecule is CCCCCC/C=C/C(O)C(COP(=O)([O-])OCC[N+](C)(C)C)NC(=O)CCCCCCCC/C=C\C/C=C\C/C=C\CCCCCCC. The van der Waals surface area contributed by atoms with Crippen molar-refractivity contribution in [3.8, 4) is 0 Å². The molecule has 0 aliphatic rings. The minimum absolute atomic E-state index is 0.00648. The Labute approximate surface area is 301 Å². The minimum Gasteiger partial charge on any atom is -0.756 e. The molecule has 0 saturated heterocycles. The molecule has 49 heavy (non-hydrogen) atoms. The molecule has 0 aromatic rings. The third-order valence-corrected chi connectivity index (χ3v) is 9.25. The average molecular weight is 711 g/mol. The molecular weight excluding hydrogens is 635 g/mol. The molecule has 0 saturated carbocycles. The van der Waals surface area contributed by atoms with Crippen LogP contribution < -0.4 is 10.2 Å². The number of rotatable bonds is 34. The molecule has 0 aliphatic carbocycles. The third kappa shape index (κ3) is 34.7. The Kier molecular flexibility index (Phi) is 31.4. The third-order valence-electron chi connectivity index (χ3n) is 8.28. The van der Waals surface area contributed by atoms with Crippen LogP contribution in [0.25, 0.3) is 0 Å². The maximum absolute atomic E-state index is 12.7. The number of aliphatic hydroxyl groups is 1. The summed E-state index contributed by atoms with van der Waals surface area (Å²) >= 11 is 0. The van der Waals surface area contributed by atoms with Crippen molar-refractivity contribution in [2.24, 2.45) is 0 Å². The smallest absolute Gasteiger partial charge is 0.268 e. The molecule has 0 aromatic heterocycles. The van der Waals surface area contributed by atoms with Gasteiger partial charge in [-0.2, -0.15) is 0 Å². The number of allylic oxidation sites excluding steroid dienone is 7. The highest BCUT2D eigenvalue weighted by molar-refractivity contribution is 7.45. The number of quaternary nitrogens is 1. The molecule has 0 rings (SSSR count). The summed E-state index contributed by atoms with van der Waals surface area (Å²) < 4.78 is 23.0. The predicted octanol–water partition coefficient (Wildman–Crippen LogP) is 9.50. The number of phosphoric acid groups is 1. The summed E-state index contributed by atoms with van der Waals surface area (Å²) in [7, 11) is 1.24. The quantitative estimate of drug-likeness (QED) is 0.0298. The van der Waals surface area contributed by atoms with Gasteiger partial charge in [0.2, 0.25) is 5.91 Å². The Bertz CT molecular complexity index is 944. The fourth-order valence-corrected chi connectivity index (χ4v) is 5.82. The van der Waals surface area contributed by atoms with Crippen molar-refractivity contribution in [1.29, 1.82) is 0 Å². The zero-order valence-corrected chi connectivity index (χ0v) is 33.0. The Morgan fingerprint density at radius 2 is 1.18 bits per heavy atom. The molecule has 9 heteroatoms. The van der Waals surface area contributed by atoms with Crippen LogP contribution in [0.3, 0.4) is 0 Å². The maximum atomic E-state index is 12.7. The van der Waals surface area contributed by atoms with Crippen LogP contribution in [0.15, 0.2) is 48.6 Å². The summed E-state index contributed by atoms with van der Waals surface area (Å²) in [6.45, 7) is 4.51. The Morgan fingerprint density at radius 3 is 1.73 bits per heavy atom. The molecule has 0 spiro atoms. The lowest BCUT2D eigenvalue weighted by Crippen LogP contribution is -2.45. The first-order valence-electron chi connectivity index (χ1n) is 19.5. The van der Waals surface area contributed by atoms with Crippen molar-refractivity contribution in [2.75, 3.05) is 40.9 Å². The number of nitrogens with zero attached hydrogens (tertiary/aromatic N) is 1. The molecule has 286 valence electrons. The highest BCUT2D eigenvalue weighted by atomic mass is 31.2. The van der Waals surface area contributed by atoms with E-state index in [9.17, 15) is 19.4 Å². The summed E-state index contributed by atoms with van der Waals surface area (Å²) in [5, 5.41) is 13.6. The molecule has 0 bridgehead atoms. The highest BCUT2D eigenvalue weighted by Crippen LogP contribution is 2.38. The lowest BCUT2D eigenvalue weighted by Gasteiger charge is -2.29. The average Bonchev–Trinajstić information content (AvgIpc) is 3.04. The van der Waals surface area contributed by atoms with Crippen LogP contribution in [0, 0.1) is 0 Å². The number of hydrogen-bond donors (Lipinski definition) is 2. The number of carbonyl (C=O) groups excluding carboxylic acids is 1. The number of nitrogens with one attached hydrogen (secondary N) is 1. The van der Waals surface area contributed by atoms with E-state index in [0.29, 0.717) is 17.4 Å². The molecular formula is C40H75N2O6P. The summed E-state index contributed by atoms with van der Waals surface area (Å²) in [4.78, 5) is 25.0. The van der Waals surface area contributed by atoms with Crippen LogP contribution in [-0.4, -0.2) is 68.5 Å². The molecule has 0 fully saturated rings. The van der Waals surface area contributed by atoms with Gasteiger partial charge in [0.15, 0.2) is 0 Å². The van der Waals surface area contributed by atoms with Crippen molar-refractivity contribution in [3.63, 3.8) is 0 Å². The highest BCUT2D eigenvalue weighted by Gasteiger charge is 2.23. The number of amides is 1. The molecule has 0 radical (unpaired) electrons. The van der Waals surface area contributed by atoms with E-state index in [-0.39, 0.29) is 19.1 Å². The summed E-state index contributed by atoms with van der Waals surface area (Å²) in [5.41, 5.74) is 0. The Balaban J connectivity index is 4.29. The van der Waals surface area contributed by atoms with Crippen molar-refractivity contribution < 1.29 is 32.9 Å². The lowest BCUT2D eigenvalue weighted by molar-refractivity contribution is -0.870. The fraction of sp³-hybridized carbons (Fsp3) is 0.775. The van der Waals surface area contributed by atoms with E-state index in [0.717, 1.165) is 70.6 Å². The molecule has 0 heterocycles. The van der Waals surface area contributed by atoms with Gasteiger partial charge < -0.3 is 28.8 Å². The first kappa shape index (κ1) is 47.5. The first-order chi connectivity index (χ1) is 23.5. The molecule has 0 aliphatic heterocycles.